The number of hydrogen-bond acceptors (Lipinski definition) is 3. The van der Waals surface area contributed by atoms with Crippen LogP contribution in [-0.4, -0.2) is 5.60 Å². The van der Waals surface area contributed by atoms with Crippen LogP contribution in [-0.2, 0) is 4.52 Å². The molecule has 0 atom stereocenters. The summed E-state index contributed by atoms with van der Waals surface area (Å²) in [5, 5.41) is 0. The Bertz CT molecular complexity index is 77.6. The highest BCUT2D eigenvalue weighted by Crippen LogP contribution is 2.23. The van der Waals surface area contributed by atoms with Crippen LogP contribution in [0.2, 0.25) is 0 Å². The van der Waals surface area contributed by atoms with Crippen LogP contribution in [0.15, 0.2) is 13.2 Å². The molecular weight excluding hydrogens is 151 g/mol. The van der Waals surface area contributed by atoms with E-state index in [4.69, 9.17) is 0 Å². The second-order valence-electron chi connectivity index (χ2n) is 2.43. The maximum atomic E-state index is 9.83. The molecule has 0 unspecified atom stereocenters. The van der Waals surface area contributed by atoms with Gasteiger partial charge in [-0.05, 0) is 20.8 Å². The molecule has 0 spiro atoms. The van der Waals surface area contributed by atoms with Crippen LogP contribution in [0.3, 0.4) is 0 Å². The third-order valence-electron chi connectivity index (χ3n) is 0.348. The molecule has 0 radical (unpaired) electrons. The van der Waals surface area contributed by atoms with Crippen LogP contribution in [0, 0.1) is 0 Å². The first-order valence-corrected chi connectivity index (χ1v) is 3.85. The summed E-state index contributed by atoms with van der Waals surface area (Å²) in [6, 6.07) is 0. The van der Waals surface area contributed by atoms with Crippen LogP contribution in [0.25, 0.3) is 0 Å². The van der Waals surface area contributed by atoms with Gasteiger partial charge in [0.05, 0.1) is 5.60 Å². The zero-order valence-electron chi connectivity index (χ0n) is 6.59. The van der Waals surface area contributed by atoms with E-state index in [2.05, 4.69) is 17.7 Å². The molecule has 0 aliphatic rings. The highest BCUT2D eigenvalue weighted by Gasteiger charge is 2.06. The van der Waals surface area contributed by atoms with Gasteiger partial charge < -0.3 is 14.3 Å². The first-order valence-electron chi connectivity index (χ1n) is 2.75. The highest BCUT2D eigenvalue weighted by atomic mass is 31.2. The van der Waals surface area contributed by atoms with Crippen molar-refractivity contribution in [1.29, 1.82) is 0 Å². The molecule has 0 N–H and O–H groups in total. The number of rotatable bonds is 1. The Morgan fingerprint density at radius 1 is 1.20 bits per heavy atom. The third-order valence-corrected chi connectivity index (χ3v) is 1.05. The Labute approximate surface area is 63.3 Å². The predicted octanol–water partition coefficient (Wildman–Crippen LogP) is 0.551. The maximum absolute atomic E-state index is 9.83. The number of hydrogen-bond donors (Lipinski definition) is 0. The average Bonchev–Trinajstić information content (AvgIpc) is 1.64. The van der Waals surface area contributed by atoms with Crippen molar-refractivity contribution in [1.82, 2.24) is 0 Å². The summed E-state index contributed by atoms with van der Waals surface area (Å²) in [4.78, 5) is 19.7. The lowest BCUT2D eigenvalue weighted by molar-refractivity contribution is -0.324. The second-order valence-corrected chi connectivity index (χ2v) is 3.06. The standard InChI is InChI=1S/C4H9O3P.C2H4/c1-4(2,3)7-8(5)6;1-2/h1-3H3;1-2H2/q-2;. The topological polar surface area (TPSA) is 55.3 Å². The Balaban J connectivity index is 0. The molecule has 4 heteroatoms. The molecule has 0 aromatic heterocycles. The third kappa shape index (κ3) is 15.7. The van der Waals surface area contributed by atoms with Gasteiger partial charge in [-0.25, -0.2) is 0 Å². The van der Waals surface area contributed by atoms with Crippen molar-refractivity contribution in [3.05, 3.63) is 13.2 Å². The van der Waals surface area contributed by atoms with Gasteiger partial charge in [0, 0.05) is 0 Å². The fraction of sp³-hybridized carbons (Fsp3) is 0.667. The molecule has 0 saturated carbocycles. The zero-order valence-corrected chi connectivity index (χ0v) is 7.48. The van der Waals surface area contributed by atoms with Crippen LogP contribution < -0.4 is 9.79 Å². The van der Waals surface area contributed by atoms with Gasteiger partial charge in [0.15, 0.2) is 0 Å². The minimum atomic E-state index is -2.69. The monoisotopic (exact) mass is 164 g/mol. The lowest BCUT2D eigenvalue weighted by atomic mass is 10.2. The molecule has 0 heterocycles. The van der Waals surface area contributed by atoms with Crippen LogP contribution in [0.4, 0.5) is 0 Å². The minimum Gasteiger partial charge on any atom is -0.820 e. The fourth-order valence-corrected chi connectivity index (χ4v) is 0.671. The van der Waals surface area contributed by atoms with Gasteiger partial charge in [0.2, 0.25) is 0 Å². The first kappa shape index (κ1) is 12.7. The molecule has 0 aromatic rings. The Morgan fingerprint density at radius 2 is 1.50 bits per heavy atom. The van der Waals surface area contributed by atoms with Crippen LogP contribution in [0.5, 0.6) is 0 Å². The largest absolute Gasteiger partial charge is 0.820 e. The molecule has 0 aliphatic carbocycles. The summed E-state index contributed by atoms with van der Waals surface area (Å²) in [6.07, 6.45) is 0. The summed E-state index contributed by atoms with van der Waals surface area (Å²) in [6.45, 7) is 11.0. The zero-order chi connectivity index (χ0) is 8.78. The van der Waals surface area contributed by atoms with Crippen molar-refractivity contribution < 1.29 is 14.3 Å². The molecule has 0 bridgehead atoms. The smallest absolute Gasteiger partial charge is 0.0608 e. The SMILES string of the molecule is C=C.CC(C)(C)OP([O-])[O-]. The van der Waals surface area contributed by atoms with E-state index in [1.807, 2.05) is 0 Å². The van der Waals surface area contributed by atoms with E-state index in [1.165, 1.54) is 0 Å². The van der Waals surface area contributed by atoms with E-state index in [-0.39, 0.29) is 0 Å². The molecule has 62 valence electrons. The quantitative estimate of drug-likeness (QED) is 0.420. The molecule has 0 rings (SSSR count). The lowest BCUT2D eigenvalue weighted by Gasteiger charge is -2.36. The highest BCUT2D eigenvalue weighted by molar-refractivity contribution is 7.36. The van der Waals surface area contributed by atoms with Gasteiger partial charge in [-0.1, -0.05) is 0 Å². The summed E-state index contributed by atoms with van der Waals surface area (Å²) >= 11 is 0. The molecular formula is C6H13O3P-2. The average molecular weight is 164 g/mol. The Kier molecular flexibility index (Phi) is 7.38. The van der Waals surface area contributed by atoms with Gasteiger partial charge >= 0.3 is 0 Å². The molecule has 0 aliphatic heterocycles. The summed E-state index contributed by atoms with van der Waals surface area (Å²) in [5.74, 6) is 0. The molecule has 0 aromatic carbocycles. The van der Waals surface area contributed by atoms with Crippen molar-refractivity contribution in [2.75, 3.05) is 0 Å². The van der Waals surface area contributed by atoms with Crippen molar-refractivity contribution in [3.63, 3.8) is 0 Å². The van der Waals surface area contributed by atoms with Gasteiger partial charge in [0.25, 0.3) is 0 Å². The normalized spacial score (nSPS) is 10.6. The van der Waals surface area contributed by atoms with E-state index >= 15 is 0 Å². The molecule has 0 fully saturated rings. The van der Waals surface area contributed by atoms with E-state index in [9.17, 15) is 9.79 Å². The van der Waals surface area contributed by atoms with Gasteiger partial charge in [-0.3, -0.25) is 0 Å². The van der Waals surface area contributed by atoms with Crippen LogP contribution >= 0.6 is 8.60 Å². The summed E-state index contributed by atoms with van der Waals surface area (Å²) in [7, 11) is -2.69. The molecule has 0 amide bonds. The van der Waals surface area contributed by atoms with Crippen molar-refractivity contribution >= 4 is 8.60 Å². The second kappa shape index (κ2) is 5.81. The predicted molar refractivity (Wildman–Crippen MR) is 39.0 cm³/mol. The van der Waals surface area contributed by atoms with Crippen molar-refractivity contribution in [3.8, 4) is 0 Å². The van der Waals surface area contributed by atoms with Gasteiger partial charge in [0.1, 0.15) is 0 Å². The Hall–Kier alpha value is 0.0500. The summed E-state index contributed by atoms with van der Waals surface area (Å²) < 4.78 is 4.39. The van der Waals surface area contributed by atoms with Gasteiger partial charge in [-0.2, -0.15) is 8.60 Å². The first-order chi connectivity index (χ1) is 4.42. The minimum absolute atomic E-state index is 0.574. The maximum Gasteiger partial charge on any atom is 0.0608 e. The fourth-order valence-electron chi connectivity index (χ4n) is 0.224. The summed E-state index contributed by atoms with van der Waals surface area (Å²) in [5.41, 5.74) is -0.574. The van der Waals surface area contributed by atoms with E-state index < -0.39 is 14.2 Å². The van der Waals surface area contributed by atoms with Crippen molar-refractivity contribution in [2.45, 2.75) is 26.4 Å². The van der Waals surface area contributed by atoms with E-state index in [0.717, 1.165) is 0 Å². The van der Waals surface area contributed by atoms with Gasteiger partial charge in [-0.15, -0.1) is 13.2 Å². The van der Waals surface area contributed by atoms with E-state index in [1.54, 1.807) is 20.8 Å². The molecule has 3 nitrogen and oxygen atoms in total. The van der Waals surface area contributed by atoms with Crippen molar-refractivity contribution in [2.24, 2.45) is 0 Å². The molecule has 0 saturated heterocycles. The Morgan fingerprint density at radius 3 is 1.50 bits per heavy atom. The molecule has 10 heavy (non-hydrogen) atoms. The van der Waals surface area contributed by atoms with E-state index in [0.29, 0.717) is 0 Å². The van der Waals surface area contributed by atoms with Crippen LogP contribution in [0.1, 0.15) is 20.8 Å². The lowest BCUT2D eigenvalue weighted by Crippen LogP contribution is -2.23.